The molecule has 0 saturated carbocycles. The van der Waals surface area contributed by atoms with Gasteiger partial charge in [0.05, 0.1) is 6.42 Å². The van der Waals surface area contributed by atoms with Gasteiger partial charge in [-0.1, -0.05) is 6.92 Å². The molecule has 0 heterocycles. The van der Waals surface area contributed by atoms with Crippen LogP contribution in [-0.4, -0.2) is 59.7 Å². The summed E-state index contributed by atoms with van der Waals surface area (Å²) in [6, 6.07) is 0. The zero-order valence-electron chi connectivity index (χ0n) is 9.88. The molecular formula is C8H18N2O5S2. The number of rotatable bonds is 9. The number of hydrogen-bond donors (Lipinski definition) is 2. The van der Waals surface area contributed by atoms with Crippen molar-refractivity contribution in [2.45, 2.75) is 13.3 Å². The molecule has 7 nitrogen and oxygen atoms in total. The SMILES string of the molecule is CCS(=O)CCNS(=O)(=O)N(C)CCC(=O)O. The average molecular weight is 286 g/mol. The van der Waals surface area contributed by atoms with Crippen molar-refractivity contribution < 1.29 is 22.5 Å². The lowest BCUT2D eigenvalue weighted by molar-refractivity contribution is -0.137. The maximum Gasteiger partial charge on any atom is 0.304 e. The Labute approximate surface area is 104 Å². The fraction of sp³-hybridized carbons (Fsp3) is 0.875. The summed E-state index contributed by atoms with van der Waals surface area (Å²) in [5, 5.41) is 8.43. The van der Waals surface area contributed by atoms with Crippen LogP contribution >= 0.6 is 0 Å². The van der Waals surface area contributed by atoms with Crippen LogP contribution in [0, 0.1) is 0 Å². The molecule has 0 radical (unpaired) electrons. The van der Waals surface area contributed by atoms with Crippen molar-refractivity contribution in [3.8, 4) is 0 Å². The Kier molecular flexibility index (Phi) is 7.51. The van der Waals surface area contributed by atoms with Crippen LogP contribution in [-0.2, 0) is 25.8 Å². The summed E-state index contributed by atoms with van der Waals surface area (Å²) >= 11 is 0. The quantitative estimate of drug-likeness (QED) is 0.565. The van der Waals surface area contributed by atoms with Gasteiger partial charge >= 0.3 is 5.97 Å². The first kappa shape index (κ1) is 16.5. The lowest BCUT2D eigenvalue weighted by Gasteiger charge is -2.16. The van der Waals surface area contributed by atoms with E-state index in [1.165, 1.54) is 7.05 Å². The average Bonchev–Trinajstić information content (AvgIpc) is 2.25. The molecular weight excluding hydrogens is 268 g/mol. The molecule has 0 fully saturated rings. The van der Waals surface area contributed by atoms with Gasteiger partial charge in [-0.05, 0) is 0 Å². The minimum atomic E-state index is -3.67. The van der Waals surface area contributed by atoms with Crippen molar-refractivity contribution in [3.63, 3.8) is 0 Å². The zero-order valence-corrected chi connectivity index (χ0v) is 11.5. The molecule has 0 aliphatic heterocycles. The number of carbonyl (C=O) groups is 1. The molecule has 0 aliphatic rings. The predicted octanol–water partition coefficient (Wildman–Crippen LogP) is -1.00. The molecule has 0 rings (SSSR count). The first-order valence-electron chi connectivity index (χ1n) is 5.07. The molecule has 0 bridgehead atoms. The lowest BCUT2D eigenvalue weighted by Crippen LogP contribution is -2.40. The summed E-state index contributed by atoms with van der Waals surface area (Å²) in [7, 11) is -3.41. The van der Waals surface area contributed by atoms with Crippen LogP contribution in [0.3, 0.4) is 0 Å². The van der Waals surface area contributed by atoms with E-state index in [0.717, 1.165) is 4.31 Å². The van der Waals surface area contributed by atoms with Crippen molar-refractivity contribution in [1.29, 1.82) is 0 Å². The van der Waals surface area contributed by atoms with Gasteiger partial charge in [0.1, 0.15) is 0 Å². The number of nitrogens with one attached hydrogen (secondary N) is 1. The molecule has 9 heteroatoms. The monoisotopic (exact) mass is 286 g/mol. The Morgan fingerprint density at radius 1 is 1.47 bits per heavy atom. The van der Waals surface area contributed by atoms with Gasteiger partial charge in [0, 0.05) is 42.4 Å². The molecule has 0 spiro atoms. The molecule has 0 aromatic heterocycles. The van der Waals surface area contributed by atoms with Crippen LogP contribution < -0.4 is 4.72 Å². The number of hydrogen-bond acceptors (Lipinski definition) is 4. The van der Waals surface area contributed by atoms with Crippen molar-refractivity contribution in [2.24, 2.45) is 0 Å². The number of aliphatic carboxylic acids is 1. The predicted molar refractivity (Wildman–Crippen MR) is 65.4 cm³/mol. The Balaban J connectivity index is 4.09. The molecule has 0 aromatic rings. The molecule has 2 N–H and O–H groups in total. The highest BCUT2D eigenvalue weighted by Gasteiger charge is 2.17. The number of carboxylic acids is 1. The Bertz CT molecular complexity index is 368. The summed E-state index contributed by atoms with van der Waals surface area (Å²) in [6.07, 6.45) is -0.252. The first-order valence-corrected chi connectivity index (χ1v) is 8.00. The minimum Gasteiger partial charge on any atom is -0.481 e. The van der Waals surface area contributed by atoms with E-state index in [-0.39, 0.29) is 25.3 Å². The van der Waals surface area contributed by atoms with E-state index in [4.69, 9.17) is 5.11 Å². The fourth-order valence-corrected chi connectivity index (χ4v) is 2.57. The van der Waals surface area contributed by atoms with Crippen molar-refractivity contribution >= 4 is 27.0 Å². The highest BCUT2D eigenvalue weighted by Crippen LogP contribution is 1.95. The third-order valence-electron chi connectivity index (χ3n) is 1.99. The largest absolute Gasteiger partial charge is 0.481 e. The third kappa shape index (κ3) is 7.42. The Hall–Kier alpha value is -0.510. The van der Waals surface area contributed by atoms with Gasteiger partial charge < -0.3 is 5.11 Å². The van der Waals surface area contributed by atoms with Gasteiger partial charge in [0.15, 0.2) is 0 Å². The second-order valence-corrected chi connectivity index (χ2v) is 7.02. The van der Waals surface area contributed by atoms with Crippen LogP contribution in [0.25, 0.3) is 0 Å². The van der Waals surface area contributed by atoms with Crippen LogP contribution in [0.1, 0.15) is 13.3 Å². The summed E-state index contributed by atoms with van der Waals surface area (Å²) in [6.45, 7) is 1.74. The van der Waals surface area contributed by atoms with E-state index in [9.17, 15) is 17.4 Å². The van der Waals surface area contributed by atoms with Crippen molar-refractivity contribution in [2.75, 3.05) is 31.6 Å². The normalized spacial score (nSPS) is 13.8. The lowest BCUT2D eigenvalue weighted by atomic mass is 10.4. The second-order valence-electron chi connectivity index (χ2n) is 3.30. The highest BCUT2D eigenvalue weighted by molar-refractivity contribution is 7.87. The second kappa shape index (κ2) is 7.75. The number of carboxylic acid groups (broad SMARTS) is 1. The van der Waals surface area contributed by atoms with E-state index in [2.05, 4.69) is 4.72 Å². The summed E-state index contributed by atoms with van der Waals surface area (Å²) in [5.41, 5.74) is 0. The van der Waals surface area contributed by atoms with Crippen LogP contribution in [0.2, 0.25) is 0 Å². The van der Waals surface area contributed by atoms with Gasteiger partial charge in [-0.2, -0.15) is 12.7 Å². The van der Waals surface area contributed by atoms with E-state index < -0.39 is 27.0 Å². The van der Waals surface area contributed by atoms with Crippen LogP contribution in [0.4, 0.5) is 0 Å². The van der Waals surface area contributed by atoms with Gasteiger partial charge in [-0.25, -0.2) is 4.72 Å². The molecule has 17 heavy (non-hydrogen) atoms. The van der Waals surface area contributed by atoms with Crippen molar-refractivity contribution in [1.82, 2.24) is 9.03 Å². The molecule has 0 saturated heterocycles. The number of nitrogens with zero attached hydrogens (tertiary/aromatic N) is 1. The van der Waals surface area contributed by atoms with Gasteiger partial charge in [0.2, 0.25) is 0 Å². The van der Waals surface area contributed by atoms with Gasteiger partial charge in [-0.15, -0.1) is 0 Å². The Morgan fingerprint density at radius 3 is 2.53 bits per heavy atom. The van der Waals surface area contributed by atoms with E-state index in [1.807, 2.05) is 0 Å². The molecule has 1 atom stereocenters. The maximum absolute atomic E-state index is 11.5. The smallest absolute Gasteiger partial charge is 0.304 e. The van der Waals surface area contributed by atoms with E-state index in [0.29, 0.717) is 5.75 Å². The zero-order chi connectivity index (χ0) is 13.5. The minimum absolute atomic E-state index is 0.0835. The van der Waals surface area contributed by atoms with Crippen molar-refractivity contribution in [3.05, 3.63) is 0 Å². The molecule has 0 aliphatic carbocycles. The topological polar surface area (TPSA) is 104 Å². The molecule has 0 aromatic carbocycles. The van der Waals surface area contributed by atoms with Crippen LogP contribution in [0.5, 0.6) is 0 Å². The highest BCUT2D eigenvalue weighted by atomic mass is 32.2. The maximum atomic E-state index is 11.5. The first-order chi connectivity index (χ1) is 7.79. The standard InChI is InChI=1S/C8H18N2O5S2/c1-3-16(13)7-5-9-17(14,15)10(2)6-4-8(11)12/h9H,3-7H2,1-2H3,(H,11,12). The van der Waals surface area contributed by atoms with Gasteiger partial charge in [-0.3, -0.25) is 9.00 Å². The van der Waals surface area contributed by atoms with Gasteiger partial charge in [0.25, 0.3) is 10.2 Å². The summed E-state index contributed by atoms with van der Waals surface area (Å²) in [4.78, 5) is 10.3. The molecule has 0 amide bonds. The molecule has 1 unspecified atom stereocenters. The molecule has 102 valence electrons. The summed E-state index contributed by atoms with van der Waals surface area (Å²) < 4.78 is 37.3. The third-order valence-corrected chi connectivity index (χ3v) is 4.86. The fourth-order valence-electron chi connectivity index (χ4n) is 0.912. The summed E-state index contributed by atoms with van der Waals surface area (Å²) in [5.74, 6) is -0.321. The Morgan fingerprint density at radius 2 is 2.06 bits per heavy atom. The van der Waals surface area contributed by atoms with Crippen LogP contribution in [0.15, 0.2) is 0 Å². The van der Waals surface area contributed by atoms with E-state index in [1.54, 1.807) is 6.92 Å². The van der Waals surface area contributed by atoms with E-state index >= 15 is 0 Å².